The molecular formula is C16H22N4O. The summed E-state index contributed by atoms with van der Waals surface area (Å²) in [6.45, 7) is 6.38. The molecule has 2 heterocycles. The van der Waals surface area contributed by atoms with E-state index in [9.17, 15) is 0 Å². The predicted molar refractivity (Wildman–Crippen MR) is 83.7 cm³/mol. The molecule has 0 bridgehead atoms. The van der Waals surface area contributed by atoms with E-state index < -0.39 is 0 Å². The first kappa shape index (κ1) is 13.9. The summed E-state index contributed by atoms with van der Waals surface area (Å²) in [7, 11) is 1.70. The number of benzene rings is 1. The summed E-state index contributed by atoms with van der Waals surface area (Å²) in [6.07, 6.45) is 3.65. The number of H-pyrrole nitrogens is 1. The highest BCUT2D eigenvalue weighted by Gasteiger charge is 2.24. The molecule has 1 aliphatic rings. The first-order valence-corrected chi connectivity index (χ1v) is 7.36. The second kappa shape index (κ2) is 6.18. The molecule has 3 rings (SSSR count). The van der Waals surface area contributed by atoms with Gasteiger partial charge in [0.15, 0.2) is 0 Å². The minimum absolute atomic E-state index is 0.518. The quantitative estimate of drug-likeness (QED) is 0.935. The van der Waals surface area contributed by atoms with E-state index in [0.717, 1.165) is 31.9 Å². The molecule has 2 aromatic rings. The number of anilines is 1. The van der Waals surface area contributed by atoms with Gasteiger partial charge in [-0.3, -0.25) is 4.90 Å². The number of nitrogens with zero attached hydrogens (tertiary/aromatic N) is 3. The zero-order valence-corrected chi connectivity index (χ0v) is 12.6. The molecule has 112 valence electrons. The Bertz CT molecular complexity index is 552. The molecule has 5 heteroatoms. The Balaban J connectivity index is 1.61. The fourth-order valence-corrected chi connectivity index (χ4v) is 2.85. The summed E-state index contributed by atoms with van der Waals surface area (Å²) in [4.78, 5) is 12.2. The van der Waals surface area contributed by atoms with Gasteiger partial charge in [-0.2, -0.15) is 0 Å². The lowest BCUT2D eigenvalue weighted by atomic mass is 10.1. The van der Waals surface area contributed by atoms with Crippen LogP contribution in [0.4, 0.5) is 5.69 Å². The van der Waals surface area contributed by atoms with E-state index in [1.807, 2.05) is 18.3 Å². The van der Waals surface area contributed by atoms with Crippen molar-refractivity contribution in [2.75, 3.05) is 31.6 Å². The summed E-state index contributed by atoms with van der Waals surface area (Å²) in [5, 5.41) is 0. The smallest absolute Gasteiger partial charge is 0.119 e. The number of methoxy groups -OCH3 is 1. The van der Waals surface area contributed by atoms with Crippen LogP contribution >= 0.6 is 0 Å². The third kappa shape index (κ3) is 3.19. The zero-order chi connectivity index (χ0) is 14.7. The van der Waals surface area contributed by atoms with Crippen molar-refractivity contribution in [1.29, 1.82) is 0 Å². The number of piperazine rings is 1. The SMILES string of the molecule is COc1ccc(N2CCN(Cc3cnc[nH]3)[C@@H](C)C2)cc1. The van der Waals surface area contributed by atoms with Crippen molar-refractivity contribution < 1.29 is 4.74 Å². The Morgan fingerprint density at radius 1 is 1.29 bits per heavy atom. The van der Waals surface area contributed by atoms with Crippen LogP contribution < -0.4 is 9.64 Å². The van der Waals surface area contributed by atoms with Crippen LogP contribution in [0.15, 0.2) is 36.8 Å². The number of imidazole rings is 1. The fourth-order valence-electron chi connectivity index (χ4n) is 2.85. The lowest BCUT2D eigenvalue weighted by Crippen LogP contribution is -2.51. The van der Waals surface area contributed by atoms with Crippen molar-refractivity contribution in [2.24, 2.45) is 0 Å². The van der Waals surface area contributed by atoms with Crippen LogP contribution in [0.1, 0.15) is 12.6 Å². The third-order valence-corrected chi connectivity index (χ3v) is 4.13. The minimum Gasteiger partial charge on any atom is -0.497 e. The summed E-state index contributed by atoms with van der Waals surface area (Å²) in [5.74, 6) is 0.907. The van der Waals surface area contributed by atoms with Gasteiger partial charge in [0.25, 0.3) is 0 Å². The Kier molecular flexibility index (Phi) is 4.10. The molecule has 0 radical (unpaired) electrons. The molecule has 1 aliphatic heterocycles. The molecule has 21 heavy (non-hydrogen) atoms. The molecule has 1 saturated heterocycles. The number of nitrogens with one attached hydrogen (secondary N) is 1. The van der Waals surface area contributed by atoms with Crippen LogP contribution in [0.25, 0.3) is 0 Å². The molecule has 1 N–H and O–H groups in total. The van der Waals surface area contributed by atoms with Gasteiger partial charge in [-0.15, -0.1) is 0 Å². The molecule has 0 aliphatic carbocycles. The van der Waals surface area contributed by atoms with Crippen LogP contribution in [0.3, 0.4) is 0 Å². The van der Waals surface area contributed by atoms with Crippen molar-refractivity contribution in [2.45, 2.75) is 19.5 Å². The summed E-state index contributed by atoms with van der Waals surface area (Å²) in [5.41, 5.74) is 2.45. The standard InChI is InChI=1S/C16H22N4O/c1-13-10-20(15-3-5-16(21-2)6-4-15)8-7-19(13)11-14-9-17-12-18-14/h3-6,9,12-13H,7-8,10-11H2,1-2H3,(H,17,18)/t13-/m0/s1. The van der Waals surface area contributed by atoms with Gasteiger partial charge in [0.05, 0.1) is 13.4 Å². The van der Waals surface area contributed by atoms with E-state index in [4.69, 9.17) is 4.74 Å². The van der Waals surface area contributed by atoms with Crippen molar-refractivity contribution in [1.82, 2.24) is 14.9 Å². The molecule has 0 amide bonds. The van der Waals surface area contributed by atoms with Crippen LogP contribution in [-0.4, -0.2) is 47.7 Å². The second-order valence-electron chi connectivity index (χ2n) is 5.54. The van der Waals surface area contributed by atoms with Gasteiger partial charge in [0.1, 0.15) is 5.75 Å². The number of aromatic amines is 1. The summed E-state index contributed by atoms with van der Waals surface area (Å²) < 4.78 is 5.22. The van der Waals surface area contributed by atoms with Gasteiger partial charge in [0.2, 0.25) is 0 Å². The highest BCUT2D eigenvalue weighted by Crippen LogP contribution is 2.22. The molecular weight excluding hydrogens is 264 g/mol. The van der Waals surface area contributed by atoms with E-state index in [1.54, 1.807) is 13.4 Å². The maximum Gasteiger partial charge on any atom is 0.119 e. The van der Waals surface area contributed by atoms with Gasteiger partial charge < -0.3 is 14.6 Å². The Morgan fingerprint density at radius 3 is 2.71 bits per heavy atom. The number of ether oxygens (including phenoxy) is 1. The number of rotatable bonds is 4. The van der Waals surface area contributed by atoms with Gasteiger partial charge in [-0.05, 0) is 31.2 Å². The van der Waals surface area contributed by atoms with E-state index in [-0.39, 0.29) is 0 Å². The number of hydrogen-bond donors (Lipinski definition) is 1. The first-order valence-electron chi connectivity index (χ1n) is 7.36. The predicted octanol–water partition coefficient (Wildman–Crippen LogP) is 2.13. The number of hydrogen-bond acceptors (Lipinski definition) is 4. The lowest BCUT2D eigenvalue weighted by Gasteiger charge is -2.40. The van der Waals surface area contributed by atoms with Crippen molar-refractivity contribution in [3.8, 4) is 5.75 Å². The molecule has 1 aromatic heterocycles. The van der Waals surface area contributed by atoms with E-state index >= 15 is 0 Å². The first-order chi connectivity index (χ1) is 10.3. The minimum atomic E-state index is 0.518. The normalized spacial score (nSPS) is 19.7. The van der Waals surface area contributed by atoms with Gasteiger partial charge in [-0.1, -0.05) is 0 Å². The molecule has 5 nitrogen and oxygen atoms in total. The molecule has 1 atom stereocenters. The Labute approximate surface area is 125 Å². The van der Waals surface area contributed by atoms with E-state index in [0.29, 0.717) is 6.04 Å². The molecule has 0 saturated carbocycles. The van der Waals surface area contributed by atoms with Gasteiger partial charge >= 0.3 is 0 Å². The van der Waals surface area contributed by atoms with Crippen LogP contribution in [0.5, 0.6) is 5.75 Å². The van der Waals surface area contributed by atoms with Gasteiger partial charge in [0, 0.05) is 49.8 Å². The zero-order valence-electron chi connectivity index (χ0n) is 12.6. The third-order valence-electron chi connectivity index (χ3n) is 4.13. The largest absolute Gasteiger partial charge is 0.497 e. The van der Waals surface area contributed by atoms with Crippen molar-refractivity contribution >= 4 is 5.69 Å². The van der Waals surface area contributed by atoms with Crippen molar-refractivity contribution in [3.05, 3.63) is 42.5 Å². The summed E-state index contributed by atoms with van der Waals surface area (Å²) >= 11 is 0. The van der Waals surface area contributed by atoms with Crippen LogP contribution in [-0.2, 0) is 6.54 Å². The molecule has 0 unspecified atom stereocenters. The van der Waals surface area contributed by atoms with Crippen LogP contribution in [0.2, 0.25) is 0 Å². The molecule has 1 fully saturated rings. The monoisotopic (exact) mass is 286 g/mol. The topological polar surface area (TPSA) is 44.4 Å². The van der Waals surface area contributed by atoms with E-state index in [2.05, 4.69) is 38.8 Å². The molecule has 1 aromatic carbocycles. The highest BCUT2D eigenvalue weighted by molar-refractivity contribution is 5.49. The Morgan fingerprint density at radius 2 is 2.10 bits per heavy atom. The Hall–Kier alpha value is -2.01. The average Bonchev–Trinajstić information content (AvgIpc) is 3.02. The summed E-state index contributed by atoms with van der Waals surface area (Å²) in [6, 6.07) is 8.84. The maximum atomic E-state index is 5.22. The van der Waals surface area contributed by atoms with E-state index in [1.165, 1.54) is 11.4 Å². The lowest BCUT2D eigenvalue weighted by molar-refractivity contribution is 0.179. The highest BCUT2D eigenvalue weighted by atomic mass is 16.5. The number of aromatic nitrogens is 2. The van der Waals surface area contributed by atoms with Crippen molar-refractivity contribution in [3.63, 3.8) is 0 Å². The van der Waals surface area contributed by atoms with Gasteiger partial charge in [-0.25, -0.2) is 4.98 Å². The average molecular weight is 286 g/mol. The molecule has 0 spiro atoms. The maximum absolute atomic E-state index is 5.22. The second-order valence-corrected chi connectivity index (χ2v) is 5.54. The van der Waals surface area contributed by atoms with Crippen LogP contribution in [0, 0.1) is 0 Å². The fraction of sp³-hybridized carbons (Fsp3) is 0.438.